The Hall–Kier alpha value is -1.90. The second kappa shape index (κ2) is 5.17. The third kappa shape index (κ3) is 3.55. The van der Waals surface area contributed by atoms with Crippen LogP contribution in [0.4, 0.5) is 13.2 Å². The normalized spacial score (nSPS) is 11.4. The van der Waals surface area contributed by atoms with Gasteiger partial charge >= 0.3 is 6.18 Å². The van der Waals surface area contributed by atoms with E-state index in [1.54, 1.807) is 12.4 Å². The van der Waals surface area contributed by atoms with Gasteiger partial charge in [-0.3, -0.25) is 14.4 Å². The third-order valence-corrected chi connectivity index (χ3v) is 2.10. The molecule has 0 atom stereocenters. The van der Waals surface area contributed by atoms with Crippen molar-refractivity contribution in [1.82, 2.24) is 15.7 Å². The van der Waals surface area contributed by atoms with Crippen LogP contribution in [-0.4, -0.2) is 28.9 Å². The van der Waals surface area contributed by atoms with Gasteiger partial charge in [0.05, 0.1) is 5.69 Å². The van der Waals surface area contributed by atoms with Crippen molar-refractivity contribution >= 4 is 5.91 Å². The molecule has 0 saturated carbocycles. The molecule has 1 heterocycles. The highest BCUT2D eigenvalue weighted by Gasteiger charge is 2.28. The van der Waals surface area contributed by atoms with Crippen molar-refractivity contribution in [2.75, 3.05) is 6.61 Å². The molecule has 0 aliphatic carbocycles. The molecule has 0 aliphatic heterocycles. The number of rotatable bonds is 3. The van der Waals surface area contributed by atoms with Crippen LogP contribution in [0.1, 0.15) is 21.6 Å². The SMILES string of the molecule is Cc1n[nH]c(=O)c(C(=O)NOCC(F)(F)F)c1C. The summed E-state index contributed by atoms with van der Waals surface area (Å²) < 4.78 is 35.3. The molecule has 1 rings (SSSR count). The Labute approximate surface area is 99.1 Å². The smallest absolute Gasteiger partial charge is 0.267 e. The van der Waals surface area contributed by atoms with Gasteiger partial charge < -0.3 is 0 Å². The topological polar surface area (TPSA) is 84.1 Å². The van der Waals surface area contributed by atoms with Gasteiger partial charge in [0.1, 0.15) is 5.56 Å². The molecule has 0 bridgehead atoms. The van der Waals surface area contributed by atoms with E-state index in [0.717, 1.165) is 0 Å². The summed E-state index contributed by atoms with van der Waals surface area (Å²) in [5.74, 6) is -1.05. The first-order valence-electron chi connectivity index (χ1n) is 4.77. The average Bonchev–Trinajstić information content (AvgIpc) is 2.22. The molecule has 0 aliphatic rings. The molecule has 0 spiro atoms. The highest BCUT2D eigenvalue weighted by Crippen LogP contribution is 2.13. The maximum Gasteiger partial charge on any atom is 0.414 e. The fourth-order valence-corrected chi connectivity index (χ4v) is 1.13. The van der Waals surface area contributed by atoms with E-state index in [2.05, 4.69) is 15.0 Å². The van der Waals surface area contributed by atoms with Crippen LogP contribution in [0.15, 0.2) is 4.79 Å². The van der Waals surface area contributed by atoms with E-state index in [-0.39, 0.29) is 11.1 Å². The van der Waals surface area contributed by atoms with Crippen molar-refractivity contribution in [1.29, 1.82) is 0 Å². The number of alkyl halides is 3. The number of carbonyl (C=O) groups excluding carboxylic acids is 1. The fraction of sp³-hybridized carbons (Fsp3) is 0.444. The Morgan fingerprint density at radius 2 is 2.06 bits per heavy atom. The average molecular weight is 265 g/mol. The number of aromatic nitrogens is 2. The van der Waals surface area contributed by atoms with Gasteiger partial charge in [0.2, 0.25) is 0 Å². The minimum absolute atomic E-state index is 0.270. The first-order chi connectivity index (χ1) is 8.22. The number of aryl methyl sites for hydroxylation is 1. The van der Waals surface area contributed by atoms with Gasteiger partial charge in [0.25, 0.3) is 11.5 Å². The van der Waals surface area contributed by atoms with Crippen LogP contribution in [0.25, 0.3) is 0 Å². The fourth-order valence-electron chi connectivity index (χ4n) is 1.13. The number of hydroxylamine groups is 1. The van der Waals surface area contributed by atoms with E-state index in [9.17, 15) is 22.8 Å². The number of nitrogens with zero attached hydrogens (tertiary/aromatic N) is 1. The molecule has 6 nitrogen and oxygen atoms in total. The first kappa shape index (κ1) is 14.2. The van der Waals surface area contributed by atoms with Crippen molar-refractivity contribution in [3.05, 3.63) is 27.2 Å². The predicted octanol–water partition coefficient (Wildman–Crippen LogP) is 0.610. The molecule has 0 saturated heterocycles. The van der Waals surface area contributed by atoms with Crippen molar-refractivity contribution in [3.63, 3.8) is 0 Å². The molecule has 0 aromatic carbocycles. The molecule has 9 heteroatoms. The van der Waals surface area contributed by atoms with Crippen molar-refractivity contribution in [3.8, 4) is 0 Å². The molecule has 100 valence electrons. The van der Waals surface area contributed by atoms with E-state index in [0.29, 0.717) is 5.69 Å². The van der Waals surface area contributed by atoms with Crippen molar-refractivity contribution < 1.29 is 22.8 Å². The van der Waals surface area contributed by atoms with Crippen molar-refractivity contribution in [2.24, 2.45) is 0 Å². The summed E-state index contributed by atoms with van der Waals surface area (Å²) in [6.07, 6.45) is -4.57. The van der Waals surface area contributed by atoms with E-state index in [1.165, 1.54) is 6.92 Å². The standard InChI is InChI=1S/C9H10F3N3O3/c1-4-5(2)13-14-7(16)6(4)8(17)15-18-3-9(10,11)12/h3H2,1-2H3,(H,14,16)(H,15,17). The van der Waals surface area contributed by atoms with Crippen LogP contribution in [0.2, 0.25) is 0 Å². The number of nitrogens with one attached hydrogen (secondary N) is 2. The molecule has 1 amide bonds. The highest BCUT2D eigenvalue weighted by atomic mass is 19.4. The Morgan fingerprint density at radius 3 is 2.61 bits per heavy atom. The number of hydrogen-bond acceptors (Lipinski definition) is 4. The predicted molar refractivity (Wildman–Crippen MR) is 53.8 cm³/mol. The molecule has 0 fully saturated rings. The largest absolute Gasteiger partial charge is 0.414 e. The summed E-state index contributed by atoms with van der Waals surface area (Å²) in [6.45, 7) is 1.36. The van der Waals surface area contributed by atoms with Crippen LogP contribution >= 0.6 is 0 Å². The number of hydrogen-bond donors (Lipinski definition) is 2. The van der Waals surface area contributed by atoms with Gasteiger partial charge in [-0.15, -0.1) is 0 Å². The van der Waals surface area contributed by atoms with Crippen LogP contribution < -0.4 is 11.0 Å². The Balaban J connectivity index is 2.80. The summed E-state index contributed by atoms with van der Waals surface area (Å²) in [4.78, 5) is 26.8. The summed E-state index contributed by atoms with van der Waals surface area (Å²) in [7, 11) is 0. The minimum atomic E-state index is -4.57. The molecule has 1 aromatic rings. The van der Waals surface area contributed by atoms with Crippen LogP contribution in [0.5, 0.6) is 0 Å². The second-order valence-electron chi connectivity index (χ2n) is 3.47. The molecule has 0 radical (unpaired) electrons. The maximum absolute atomic E-state index is 11.8. The van der Waals surface area contributed by atoms with Crippen LogP contribution in [-0.2, 0) is 4.84 Å². The number of halogens is 3. The number of aromatic amines is 1. The first-order valence-corrected chi connectivity index (χ1v) is 4.77. The van der Waals surface area contributed by atoms with Crippen molar-refractivity contribution in [2.45, 2.75) is 20.0 Å². The molecule has 1 aromatic heterocycles. The van der Waals surface area contributed by atoms with E-state index in [1.807, 2.05) is 0 Å². The van der Waals surface area contributed by atoms with Gasteiger partial charge in [0.15, 0.2) is 6.61 Å². The van der Waals surface area contributed by atoms with Crippen LogP contribution in [0.3, 0.4) is 0 Å². The second-order valence-corrected chi connectivity index (χ2v) is 3.47. The van der Waals surface area contributed by atoms with Gasteiger partial charge in [-0.25, -0.2) is 10.6 Å². The lowest BCUT2D eigenvalue weighted by Gasteiger charge is -2.09. The quantitative estimate of drug-likeness (QED) is 0.784. The zero-order valence-corrected chi connectivity index (χ0v) is 9.51. The Bertz CT molecular complexity index is 510. The van der Waals surface area contributed by atoms with E-state index < -0.39 is 24.2 Å². The number of H-pyrrole nitrogens is 1. The summed E-state index contributed by atoms with van der Waals surface area (Å²) in [5.41, 5.74) is 1.08. The lowest BCUT2D eigenvalue weighted by molar-refractivity contribution is -0.184. The van der Waals surface area contributed by atoms with Gasteiger partial charge in [-0.2, -0.15) is 18.3 Å². The van der Waals surface area contributed by atoms with Crippen LogP contribution in [0, 0.1) is 13.8 Å². The zero-order chi connectivity index (χ0) is 13.9. The van der Waals surface area contributed by atoms with E-state index >= 15 is 0 Å². The van der Waals surface area contributed by atoms with Gasteiger partial charge in [-0.1, -0.05) is 0 Å². The number of amides is 1. The zero-order valence-electron chi connectivity index (χ0n) is 9.51. The lowest BCUT2D eigenvalue weighted by atomic mass is 10.1. The van der Waals surface area contributed by atoms with Gasteiger partial charge in [0, 0.05) is 0 Å². The Kier molecular flexibility index (Phi) is 4.07. The van der Waals surface area contributed by atoms with Gasteiger partial charge in [-0.05, 0) is 19.4 Å². The molecular weight excluding hydrogens is 255 g/mol. The Morgan fingerprint density at radius 1 is 1.44 bits per heavy atom. The number of carbonyl (C=O) groups is 1. The maximum atomic E-state index is 11.8. The molecule has 0 unspecified atom stereocenters. The molecular formula is C9H10F3N3O3. The lowest BCUT2D eigenvalue weighted by Crippen LogP contribution is -2.34. The summed E-state index contributed by atoms with van der Waals surface area (Å²) in [6, 6.07) is 0. The molecule has 18 heavy (non-hydrogen) atoms. The highest BCUT2D eigenvalue weighted by molar-refractivity contribution is 5.94. The molecule has 2 N–H and O–H groups in total. The monoisotopic (exact) mass is 265 g/mol. The summed E-state index contributed by atoms with van der Waals surface area (Å²) >= 11 is 0. The minimum Gasteiger partial charge on any atom is -0.267 e. The summed E-state index contributed by atoms with van der Waals surface area (Å²) in [5, 5.41) is 5.65. The van der Waals surface area contributed by atoms with E-state index in [4.69, 9.17) is 0 Å². The third-order valence-electron chi connectivity index (χ3n) is 2.10.